The Labute approximate surface area is 76.3 Å². The van der Waals surface area contributed by atoms with E-state index in [0.717, 1.165) is 11.8 Å². The molecule has 2 nitrogen and oxygen atoms in total. The van der Waals surface area contributed by atoms with E-state index in [1.54, 1.807) is 0 Å². The summed E-state index contributed by atoms with van der Waals surface area (Å²) in [6.45, 7) is 6.13. The van der Waals surface area contributed by atoms with Crippen molar-refractivity contribution in [2.75, 3.05) is 33.7 Å². The second-order valence-corrected chi connectivity index (χ2v) is 4.18. The number of hydrogen-bond donors (Lipinski definition) is 1. The fourth-order valence-corrected chi connectivity index (χ4v) is 2.01. The van der Waals surface area contributed by atoms with Crippen molar-refractivity contribution in [1.29, 1.82) is 0 Å². The number of rotatable bonds is 2. The summed E-state index contributed by atoms with van der Waals surface area (Å²) in [5.41, 5.74) is 0. The highest BCUT2D eigenvalue weighted by molar-refractivity contribution is 4.74. The molecule has 1 heterocycles. The summed E-state index contributed by atoms with van der Waals surface area (Å²) >= 11 is 0. The van der Waals surface area contributed by atoms with Gasteiger partial charge in [0.05, 0.1) is 0 Å². The van der Waals surface area contributed by atoms with Crippen LogP contribution in [0.5, 0.6) is 0 Å². The summed E-state index contributed by atoms with van der Waals surface area (Å²) in [5, 5.41) is 3.29. The molecule has 2 unspecified atom stereocenters. The lowest BCUT2D eigenvalue weighted by Crippen LogP contribution is -2.24. The molecule has 1 rings (SSSR count). The minimum atomic E-state index is 0.889. The van der Waals surface area contributed by atoms with Crippen LogP contribution in [0.2, 0.25) is 0 Å². The predicted molar refractivity (Wildman–Crippen MR) is 53.3 cm³/mol. The lowest BCUT2D eigenvalue weighted by molar-refractivity contribution is 0.335. The number of hydrogen-bond acceptors (Lipinski definition) is 2. The summed E-state index contributed by atoms with van der Waals surface area (Å²) in [4.78, 5) is 2.45. The lowest BCUT2D eigenvalue weighted by Gasteiger charge is -2.19. The van der Waals surface area contributed by atoms with Gasteiger partial charge in [-0.15, -0.1) is 0 Å². The topological polar surface area (TPSA) is 15.3 Å². The summed E-state index contributed by atoms with van der Waals surface area (Å²) < 4.78 is 0. The molecule has 72 valence electrons. The van der Waals surface area contributed by atoms with E-state index in [4.69, 9.17) is 0 Å². The van der Waals surface area contributed by atoms with Gasteiger partial charge in [-0.05, 0) is 58.4 Å². The maximum atomic E-state index is 3.29. The molecule has 0 saturated carbocycles. The van der Waals surface area contributed by atoms with Gasteiger partial charge in [-0.2, -0.15) is 0 Å². The van der Waals surface area contributed by atoms with Gasteiger partial charge in [0.1, 0.15) is 0 Å². The van der Waals surface area contributed by atoms with E-state index >= 15 is 0 Å². The average molecular weight is 170 g/mol. The van der Waals surface area contributed by atoms with Gasteiger partial charge in [0.15, 0.2) is 0 Å². The van der Waals surface area contributed by atoms with E-state index in [0.29, 0.717) is 0 Å². The third-order valence-electron chi connectivity index (χ3n) is 3.12. The van der Waals surface area contributed by atoms with Gasteiger partial charge in [-0.3, -0.25) is 0 Å². The van der Waals surface area contributed by atoms with Crippen LogP contribution in [-0.4, -0.2) is 38.6 Å². The van der Waals surface area contributed by atoms with E-state index in [1.165, 1.54) is 32.5 Å². The zero-order valence-electron chi connectivity index (χ0n) is 8.64. The average Bonchev–Trinajstić information content (AvgIpc) is 2.20. The molecular weight excluding hydrogens is 148 g/mol. The van der Waals surface area contributed by atoms with Crippen LogP contribution in [0.15, 0.2) is 0 Å². The maximum absolute atomic E-state index is 3.29. The van der Waals surface area contributed by atoms with E-state index in [1.807, 2.05) is 0 Å². The van der Waals surface area contributed by atoms with Crippen LogP contribution >= 0.6 is 0 Å². The quantitative estimate of drug-likeness (QED) is 0.669. The number of nitrogens with zero attached hydrogens (tertiary/aromatic N) is 1. The van der Waals surface area contributed by atoms with E-state index < -0.39 is 0 Å². The minimum absolute atomic E-state index is 0.889. The lowest BCUT2D eigenvalue weighted by atomic mass is 9.90. The molecule has 0 aromatic carbocycles. The fourth-order valence-electron chi connectivity index (χ4n) is 2.01. The fraction of sp³-hybridized carbons (Fsp3) is 1.00. The normalized spacial score (nSPS) is 33.2. The molecule has 12 heavy (non-hydrogen) atoms. The van der Waals surface area contributed by atoms with Crippen LogP contribution in [0.3, 0.4) is 0 Å². The minimum Gasteiger partial charge on any atom is -0.319 e. The predicted octanol–water partition coefficient (Wildman–Crippen LogP) is 1.18. The smallest absolute Gasteiger partial charge is 0.00186 e. The molecule has 0 aromatic rings. The summed E-state index contributed by atoms with van der Waals surface area (Å²) in [7, 11) is 4.29. The van der Waals surface area contributed by atoms with Crippen molar-refractivity contribution in [3.8, 4) is 0 Å². The highest BCUT2D eigenvalue weighted by Gasteiger charge is 2.20. The third kappa shape index (κ3) is 2.76. The van der Waals surface area contributed by atoms with Gasteiger partial charge in [0.25, 0.3) is 0 Å². The first-order chi connectivity index (χ1) is 5.74. The molecule has 2 heteroatoms. The largest absolute Gasteiger partial charge is 0.319 e. The van der Waals surface area contributed by atoms with Crippen molar-refractivity contribution < 1.29 is 0 Å². The molecule has 1 fully saturated rings. The Hall–Kier alpha value is -0.0800. The third-order valence-corrected chi connectivity index (χ3v) is 3.12. The molecule has 0 radical (unpaired) electrons. The summed E-state index contributed by atoms with van der Waals surface area (Å²) in [6.07, 6.45) is 2.72. The van der Waals surface area contributed by atoms with Crippen LogP contribution in [0.1, 0.15) is 19.8 Å². The van der Waals surface area contributed by atoms with Gasteiger partial charge in [0, 0.05) is 0 Å². The standard InChI is InChI=1S/C10H22N2/c1-9-4-6-12(3)7-5-10(9)8-11-2/h9-11H,4-8H2,1-3H3. The Kier molecular flexibility index (Phi) is 4.02. The molecule has 0 spiro atoms. The van der Waals surface area contributed by atoms with Crippen LogP contribution in [0.25, 0.3) is 0 Å². The van der Waals surface area contributed by atoms with E-state index in [9.17, 15) is 0 Å². The van der Waals surface area contributed by atoms with Crippen LogP contribution in [-0.2, 0) is 0 Å². The van der Waals surface area contributed by atoms with Crippen molar-refractivity contribution in [2.45, 2.75) is 19.8 Å². The first kappa shape index (κ1) is 10.0. The molecule has 1 saturated heterocycles. The summed E-state index contributed by atoms with van der Waals surface area (Å²) in [6, 6.07) is 0. The van der Waals surface area contributed by atoms with E-state index in [-0.39, 0.29) is 0 Å². The van der Waals surface area contributed by atoms with Crippen LogP contribution in [0.4, 0.5) is 0 Å². The Morgan fingerprint density at radius 2 is 2.00 bits per heavy atom. The molecule has 2 atom stereocenters. The second kappa shape index (κ2) is 4.83. The Morgan fingerprint density at radius 1 is 1.33 bits per heavy atom. The molecule has 1 aliphatic rings. The second-order valence-electron chi connectivity index (χ2n) is 4.18. The first-order valence-electron chi connectivity index (χ1n) is 5.07. The first-order valence-corrected chi connectivity index (χ1v) is 5.07. The highest BCUT2D eigenvalue weighted by atomic mass is 15.1. The number of nitrogens with one attached hydrogen (secondary N) is 1. The number of likely N-dealkylation sites (tertiary alicyclic amines) is 1. The van der Waals surface area contributed by atoms with Crippen LogP contribution < -0.4 is 5.32 Å². The Bertz CT molecular complexity index is 125. The van der Waals surface area contributed by atoms with Crippen molar-refractivity contribution in [3.63, 3.8) is 0 Å². The SMILES string of the molecule is CNCC1CCN(C)CCC1C. The molecule has 0 aromatic heterocycles. The Morgan fingerprint density at radius 3 is 2.67 bits per heavy atom. The van der Waals surface area contributed by atoms with Crippen molar-refractivity contribution in [2.24, 2.45) is 11.8 Å². The van der Waals surface area contributed by atoms with Crippen LogP contribution in [0, 0.1) is 11.8 Å². The van der Waals surface area contributed by atoms with Gasteiger partial charge in [-0.1, -0.05) is 6.92 Å². The van der Waals surface area contributed by atoms with Crippen molar-refractivity contribution >= 4 is 0 Å². The zero-order valence-corrected chi connectivity index (χ0v) is 8.64. The molecule has 0 bridgehead atoms. The molecular formula is C10H22N2. The van der Waals surface area contributed by atoms with E-state index in [2.05, 4.69) is 31.2 Å². The van der Waals surface area contributed by atoms with Gasteiger partial charge < -0.3 is 10.2 Å². The summed E-state index contributed by atoms with van der Waals surface area (Å²) in [5.74, 6) is 1.78. The monoisotopic (exact) mass is 170 g/mol. The molecule has 0 amide bonds. The zero-order chi connectivity index (χ0) is 8.97. The van der Waals surface area contributed by atoms with Crippen molar-refractivity contribution in [1.82, 2.24) is 10.2 Å². The highest BCUT2D eigenvalue weighted by Crippen LogP contribution is 2.22. The molecule has 1 aliphatic heterocycles. The Balaban J connectivity index is 2.38. The van der Waals surface area contributed by atoms with Crippen molar-refractivity contribution in [3.05, 3.63) is 0 Å². The van der Waals surface area contributed by atoms with Gasteiger partial charge >= 0.3 is 0 Å². The maximum Gasteiger partial charge on any atom is -0.00186 e. The van der Waals surface area contributed by atoms with Gasteiger partial charge in [0.2, 0.25) is 0 Å². The molecule has 1 N–H and O–H groups in total. The molecule has 0 aliphatic carbocycles. The van der Waals surface area contributed by atoms with Gasteiger partial charge in [-0.25, -0.2) is 0 Å².